The van der Waals surface area contributed by atoms with Crippen LogP contribution in [0.4, 0.5) is 5.82 Å². The Bertz CT molecular complexity index is 1180. The van der Waals surface area contributed by atoms with Crippen molar-refractivity contribution in [1.29, 1.82) is 0 Å². The third-order valence-electron chi connectivity index (χ3n) is 5.04. The lowest BCUT2D eigenvalue weighted by atomic mass is 10.2. The highest BCUT2D eigenvalue weighted by Gasteiger charge is 2.28. The van der Waals surface area contributed by atoms with E-state index in [2.05, 4.69) is 30.0 Å². The van der Waals surface area contributed by atoms with E-state index in [4.69, 9.17) is 0 Å². The van der Waals surface area contributed by atoms with Crippen molar-refractivity contribution < 1.29 is 0 Å². The molecule has 0 N–H and O–H groups in total. The molecule has 1 fully saturated rings. The van der Waals surface area contributed by atoms with E-state index in [1.165, 1.54) is 11.0 Å². The Morgan fingerprint density at radius 2 is 2.21 bits per heavy atom. The van der Waals surface area contributed by atoms with Gasteiger partial charge in [-0.25, -0.2) is 14.6 Å². The topological polar surface area (TPSA) is 99.0 Å². The van der Waals surface area contributed by atoms with Gasteiger partial charge in [-0.05, 0) is 25.8 Å². The van der Waals surface area contributed by atoms with Crippen LogP contribution < -0.4 is 10.5 Å². The molecule has 0 saturated carbocycles. The zero-order chi connectivity index (χ0) is 19.1. The van der Waals surface area contributed by atoms with Crippen LogP contribution >= 0.6 is 0 Å². The van der Waals surface area contributed by atoms with Crippen molar-refractivity contribution in [3.05, 3.63) is 59.3 Å². The number of anilines is 1. The summed E-state index contributed by atoms with van der Waals surface area (Å²) in [5, 5.41) is 8.85. The first-order valence-electron chi connectivity index (χ1n) is 9.19. The molecular weight excluding hydrogens is 358 g/mol. The Morgan fingerprint density at radius 1 is 1.29 bits per heavy atom. The number of imidazole rings is 1. The Hall–Kier alpha value is -3.56. The second-order valence-electron chi connectivity index (χ2n) is 6.90. The number of nitrogens with zero attached hydrogens (tertiary/aromatic N) is 9. The molecule has 0 aromatic carbocycles. The van der Waals surface area contributed by atoms with Gasteiger partial charge in [-0.3, -0.25) is 9.36 Å². The minimum absolute atomic E-state index is 0.118. The van der Waals surface area contributed by atoms with Gasteiger partial charge in [0.05, 0.1) is 12.6 Å². The van der Waals surface area contributed by atoms with Gasteiger partial charge in [0.2, 0.25) is 0 Å². The van der Waals surface area contributed by atoms with Crippen molar-refractivity contribution in [2.45, 2.75) is 32.4 Å². The molecule has 1 unspecified atom stereocenters. The van der Waals surface area contributed by atoms with Crippen molar-refractivity contribution in [2.75, 3.05) is 11.4 Å². The minimum atomic E-state index is -0.118. The summed E-state index contributed by atoms with van der Waals surface area (Å²) in [7, 11) is 0. The zero-order valence-corrected chi connectivity index (χ0v) is 15.4. The van der Waals surface area contributed by atoms with Crippen molar-refractivity contribution in [2.24, 2.45) is 0 Å². The second-order valence-corrected chi connectivity index (χ2v) is 6.90. The molecule has 4 aromatic rings. The predicted octanol–water partition coefficient (Wildman–Crippen LogP) is 0.844. The van der Waals surface area contributed by atoms with Crippen molar-refractivity contribution in [3.63, 3.8) is 0 Å². The highest BCUT2D eigenvalue weighted by molar-refractivity contribution is 5.48. The van der Waals surface area contributed by atoms with Gasteiger partial charge < -0.3 is 4.90 Å². The molecule has 0 aliphatic carbocycles. The third kappa shape index (κ3) is 2.82. The van der Waals surface area contributed by atoms with Crippen molar-refractivity contribution >= 4 is 11.6 Å². The molecule has 1 aliphatic rings. The van der Waals surface area contributed by atoms with E-state index in [0.717, 1.165) is 30.9 Å². The summed E-state index contributed by atoms with van der Waals surface area (Å²) in [4.78, 5) is 27.4. The smallest absolute Gasteiger partial charge is 0.266 e. The van der Waals surface area contributed by atoms with Crippen LogP contribution in [-0.4, -0.2) is 51.5 Å². The van der Waals surface area contributed by atoms with E-state index in [-0.39, 0.29) is 11.6 Å². The van der Waals surface area contributed by atoms with Crippen molar-refractivity contribution in [1.82, 2.24) is 38.9 Å². The summed E-state index contributed by atoms with van der Waals surface area (Å²) in [6.07, 6.45) is 8.68. The lowest BCUT2D eigenvalue weighted by Gasteiger charge is -2.27. The number of hydrogen-bond acceptors (Lipinski definition) is 7. The van der Waals surface area contributed by atoms with E-state index in [0.29, 0.717) is 18.1 Å². The lowest BCUT2D eigenvalue weighted by Crippen LogP contribution is -2.38. The Labute approximate surface area is 160 Å². The first-order chi connectivity index (χ1) is 13.7. The summed E-state index contributed by atoms with van der Waals surface area (Å²) in [5.41, 5.74) is 0.770. The van der Waals surface area contributed by atoms with Crippen LogP contribution in [0.1, 0.15) is 18.5 Å². The van der Waals surface area contributed by atoms with Gasteiger partial charge in [-0.2, -0.15) is 19.7 Å². The Morgan fingerprint density at radius 3 is 3.07 bits per heavy atom. The van der Waals surface area contributed by atoms with E-state index in [9.17, 15) is 4.79 Å². The van der Waals surface area contributed by atoms with Crippen LogP contribution in [0.3, 0.4) is 0 Å². The van der Waals surface area contributed by atoms with Gasteiger partial charge in [0.1, 0.15) is 18.5 Å². The molecule has 0 spiro atoms. The largest absolute Gasteiger partial charge is 0.352 e. The van der Waals surface area contributed by atoms with Crippen LogP contribution in [0.2, 0.25) is 0 Å². The molecule has 10 heteroatoms. The van der Waals surface area contributed by atoms with Crippen LogP contribution in [-0.2, 0) is 6.54 Å². The zero-order valence-electron chi connectivity index (χ0n) is 15.4. The fourth-order valence-electron chi connectivity index (χ4n) is 3.74. The van der Waals surface area contributed by atoms with Gasteiger partial charge in [-0.15, -0.1) is 0 Å². The summed E-state index contributed by atoms with van der Waals surface area (Å²) < 4.78 is 5.07. The van der Waals surface area contributed by atoms with Gasteiger partial charge >= 0.3 is 0 Å². The standard InChI is InChI=1S/C18H19N9O/c1-13-9-16(27-18(22-13)20-11-21-27)25-7-2-3-14(25)10-26-17(28)5-4-15(23-26)24-8-6-19-12-24/h4-6,8-9,11-12,14H,2-3,7,10H2,1H3. The lowest BCUT2D eigenvalue weighted by molar-refractivity contribution is 0.483. The molecule has 1 saturated heterocycles. The third-order valence-corrected chi connectivity index (χ3v) is 5.04. The van der Waals surface area contributed by atoms with Gasteiger partial charge in [0.15, 0.2) is 5.82 Å². The molecule has 28 heavy (non-hydrogen) atoms. The van der Waals surface area contributed by atoms with E-state index >= 15 is 0 Å². The Balaban J connectivity index is 1.49. The average Bonchev–Trinajstić information content (AvgIpc) is 3.44. The number of aromatic nitrogens is 8. The molecule has 1 aliphatic heterocycles. The SMILES string of the molecule is Cc1cc(N2CCCC2Cn2nc(-n3ccnc3)ccc2=O)n2ncnc2n1. The first kappa shape index (κ1) is 16.6. The van der Waals surface area contributed by atoms with E-state index < -0.39 is 0 Å². The van der Waals surface area contributed by atoms with E-state index in [1.54, 1.807) is 39.9 Å². The summed E-state index contributed by atoms with van der Waals surface area (Å²) in [6, 6.07) is 5.40. The summed E-state index contributed by atoms with van der Waals surface area (Å²) in [5.74, 6) is 2.19. The molecule has 142 valence electrons. The highest BCUT2D eigenvalue weighted by Crippen LogP contribution is 2.26. The Kier molecular flexibility index (Phi) is 3.89. The molecule has 10 nitrogen and oxygen atoms in total. The number of hydrogen-bond donors (Lipinski definition) is 0. The van der Waals surface area contributed by atoms with E-state index in [1.807, 2.05) is 13.0 Å². The minimum Gasteiger partial charge on any atom is -0.352 e. The first-order valence-corrected chi connectivity index (χ1v) is 9.19. The fraction of sp³-hybridized carbons (Fsp3) is 0.333. The van der Waals surface area contributed by atoms with Gasteiger partial charge in [-0.1, -0.05) is 0 Å². The molecule has 0 radical (unpaired) electrons. The number of aryl methyl sites for hydroxylation is 1. The average molecular weight is 377 g/mol. The van der Waals surface area contributed by atoms with Crippen LogP contribution in [0.5, 0.6) is 0 Å². The normalized spacial score (nSPS) is 16.9. The van der Waals surface area contributed by atoms with Crippen LogP contribution in [0, 0.1) is 6.92 Å². The molecule has 4 aromatic heterocycles. The maximum atomic E-state index is 12.4. The van der Waals surface area contributed by atoms with Gasteiger partial charge in [0.25, 0.3) is 11.3 Å². The van der Waals surface area contributed by atoms with Crippen molar-refractivity contribution in [3.8, 4) is 5.82 Å². The molecular formula is C18H19N9O. The molecule has 0 amide bonds. The molecule has 0 bridgehead atoms. The molecule has 5 heterocycles. The highest BCUT2D eigenvalue weighted by atomic mass is 16.1. The number of rotatable bonds is 4. The maximum absolute atomic E-state index is 12.4. The quantitative estimate of drug-likeness (QED) is 0.520. The second kappa shape index (κ2) is 6.55. The monoisotopic (exact) mass is 377 g/mol. The summed E-state index contributed by atoms with van der Waals surface area (Å²) >= 11 is 0. The predicted molar refractivity (Wildman–Crippen MR) is 102 cm³/mol. The molecule has 5 rings (SSSR count). The van der Waals surface area contributed by atoms with Gasteiger partial charge in [0, 0.05) is 36.8 Å². The summed E-state index contributed by atoms with van der Waals surface area (Å²) in [6.45, 7) is 3.34. The molecule has 1 atom stereocenters. The number of fused-ring (bicyclic) bond motifs is 1. The maximum Gasteiger partial charge on any atom is 0.266 e. The van der Waals surface area contributed by atoms with Crippen LogP contribution in [0.15, 0.2) is 48.0 Å². The fourth-order valence-corrected chi connectivity index (χ4v) is 3.74. The van der Waals surface area contributed by atoms with Crippen LogP contribution in [0.25, 0.3) is 11.6 Å².